The lowest BCUT2D eigenvalue weighted by Gasteiger charge is -2.35. The van der Waals surface area contributed by atoms with Crippen LogP contribution in [0.5, 0.6) is 0 Å². The number of aromatic nitrogens is 3. The molecule has 12 heteroatoms. The van der Waals surface area contributed by atoms with Gasteiger partial charge in [-0.2, -0.15) is 4.98 Å². The van der Waals surface area contributed by atoms with E-state index in [9.17, 15) is 12.8 Å². The van der Waals surface area contributed by atoms with E-state index < -0.39 is 15.8 Å². The summed E-state index contributed by atoms with van der Waals surface area (Å²) in [6.45, 7) is 4.81. The lowest BCUT2D eigenvalue weighted by Crippen LogP contribution is -2.47. The van der Waals surface area contributed by atoms with Gasteiger partial charge >= 0.3 is 0 Å². The highest BCUT2D eigenvalue weighted by molar-refractivity contribution is 7.92. The van der Waals surface area contributed by atoms with Crippen LogP contribution in [0, 0.1) is 5.82 Å². The van der Waals surface area contributed by atoms with Gasteiger partial charge in [0.15, 0.2) is 0 Å². The summed E-state index contributed by atoms with van der Waals surface area (Å²) in [5.41, 5.74) is 3.54. The SMILES string of the molecule is CN(c1ccc(F)cc1Cn1ccc2cnc(Nc3ccc(N4CCN(CCO)CC4)cc3)nc21)S(C)(=O)=O. The van der Waals surface area contributed by atoms with Crippen molar-refractivity contribution < 1.29 is 17.9 Å². The number of nitrogens with one attached hydrogen (secondary N) is 1. The van der Waals surface area contributed by atoms with E-state index >= 15 is 0 Å². The molecule has 0 aliphatic carbocycles. The van der Waals surface area contributed by atoms with Crippen molar-refractivity contribution in [1.29, 1.82) is 0 Å². The Labute approximate surface area is 227 Å². The summed E-state index contributed by atoms with van der Waals surface area (Å²) in [5.74, 6) is -0.0277. The molecule has 10 nitrogen and oxygen atoms in total. The van der Waals surface area contributed by atoms with Crippen molar-refractivity contribution in [3.63, 3.8) is 0 Å². The van der Waals surface area contributed by atoms with Crippen molar-refractivity contribution in [2.75, 3.05) is 67.2 Å². The molecule has 1 aliphatic heterocycles. The zero-order chi connectivity index (χ0) is 27.6. The van der Waals surface area contributed by atoms with Crippen LogP contribution in [0.15, 0.2) is 60.9 Å². The molecule has 0 atom stereocenters. The number of rotatable bonds is 9. The van der Waals surface area contributed by atoms with Gasteiger partial charge in [-0.05, 0) is 54.1 Å². The molecule has 39 heavy (non-hydrogen) atoms. The number of halogens is 1. The van der Waals surface area contributed by atoms with Gasteiger partial charge in [0.2, 0.25) is 16.0 Å². The molecule has 1 aliphatic rings. The third-order valence-corrected chi connectivity index (χ3v) is 8.19. The van der Waals surface area contributed by atoms with Gasteiger partial charge in [-0.1, -0.05) is 0 Å². The summed E-state index contributed by atoms with van der Waals surface area (Å²) >= 11 is 0. The Kier molecular flexibility index (Phi) is 7.69. The molecule has 0 amide bonds. The number of aliphatic hydroxyl groups excluding tert-OH is 1. The number of nitrogens with zero attached hydrogens (tertiary/aromatic N) is 6. The number of benzene rings is 2. The molecule has 0 radical (unpaired) electrons. The fourth-order valence-electron chi connectivity index (χ4n) is 4.76. The smallest absolute Gasteiger partial charge is 0.232 e. The highest BCUT2D eigenvalue weighted by Gasteiger charge is 2.18. The van der Waals surface area contributed by atoms with Crippen LogP contribution in [0.4, 0.5) is 27.4 Å². The van der Waals surface area contributed by atoms with E-state index in [0.717, 1.165) is 53.5 Å². The molecule has 0 spiro atoms. The summed E-state index contributed by atoms with van der Waals surface area (Å²) in [7, 11) is -2.07. The maximum atomic E-state index is 14.1. The number of hydrogen-bond donors (Lipinski definition) is 2. The second kappa shape index (κ2) is 11.2. The minimum Gasteiger partial charge on any atom is -0.395 e. The normalized spacial score (nSPS) is 14.6. The van der Waals surface area contributed by atoms with Gasteiger partial charge in [0.25, 0.3) is 0 Å². The fourth-order valence-corrected chi connectivity index (χ4v) is 5.30. The first kappa shape index (κ1) is 26.9. The van der Waals surface area contributed by atoms with E-state index in [-0.39, 0.29) is 13.2 Å². The molecule has 4 aromatic rings. The van der Waals surface area contributed by atoms with Crippen LogP contribution >= 0.6 is 0 Å². The summed E-state index contributed by atoms with van der Waals surface area (Å²) in [6, 6.07) is 14.0. The maximum absolute atomic E-state index is 14.1. The van der Waals surface area contributed by atoms with Crippen LogP contribution in [0.2, 0.25) is 0 Å². The molecule has 1 fully saturated rings. The van der Waals surface area contributed by atoms with Crippen molar-refractivity contribution in [3.05, 3.63) is 72.3 Å². The van der Waals surface area contributed by atoms with E-state index in [4.69, 9.17) is 5.11 Å². The van der Waals surface area contributed by atoms with Gasteiger partial charge < -0.3 is 19.9 Å². The predicted molar refractivity (Wildman–Crippen MR) is 152 cm³/mol. The van der Waals surface area contributed by atoms with E-state index in [1.165, 1.54) is 25.2 Å². The Morgan fingerprint density at radius 3 is 2.51 bits per heavy atom. The molecule has 3 heterocycles. The summed E-state index contributed by atoms with van der Waals surface area (Å²) < 4.78 is 41.4. The van der Waals surface area contributed by atoms with Crippen LogP contribution in [0.25, 0.3) is 11.0 Å². The molecule has 206 valence electrons. The highest BCUT2D eigenvalue weighted by atomic mass is 32.2. The first-order valence-corrected chi connectivity index (χ1v) is 14.6. The summed E-state index contributed by atoms with van der Waals surface area (Å²) in [5, 5.41) is 13.2. The molecule has 0 bridgehead atoms. The van der Waals surface area contributed by atoms with Crippen LogP contribution in [-0.2, 0) is 16.6 Å². The van der Waals surface area contributed by atoms with E-state index in [2.05, 4.69) is 37.2 Å². The van der Waals surface area contributed by atoms with Gasteiger partial charge in [-0.3, -0.25) is 9.21 Å². The lowest BCUT2D eigenvalue weighted by atomic mass is 10.1. The monoisotopic (exact) mass is 553 g/mol. The average Bonchev–Trinajstić information content (AvgIpc) is 3.31. The zero-order valence-electron chi connectivity index (χ0n) is 22.0. The van der Waals surface area contributed by atoms with Gasteiger partial charge in [-0.15, -0.1) is 0 Å². The third kappa shape index (κ3) is 6.13. The van der Waals surface area contributed by atoms with Crippen molar-refractivity contribution in [1.82, 2.24) is 19.4 Å². The molecule has 0 unspecified atom stereocenters. The van der Waals surface area contributed by atoms with Crippen molar-refractivity contribution >= 4 is 44.1 Å². The average molecular weight is 554 g/mol. The minimum atomic E-state index is -3.52. The second-order valence-corrected chi connectivity index (χ2v) is 11.7. The third-order valence-electron chi connectivity index (χ3n) is 7.00. The largest absolute Gasteiger partial charge is 0.395 e. The van der Waals surface area contributed by atoms with Gasteiger partial charge in [0.1, 0.15) is 11.5 Å². The van der Waals surface area contributed by atoms with Gasteiger partial charge in [0.05, 0.1) is 25.1 Å². The number of hydrogen-bond acceptors (Lipinski definition) is 8. The number of anilines is 4. The summed E-state index contributed by atoms with van der Waals surface area (Å²) in [4.78, 5) is 13.7. The lowest BCUT2D eigenvalue weighted by molar-refractivity contribution is 0.189. The Morgan fingerprint density at radius 1 is 1.08 bits per heavy atom. The summed E-state index contributed by atoms with van der Waals surface area (Å²) in [6.07, 6.45) is 4.66. The Balaban J connectivity index is 1.33. The Morgan fingerprint density at radius 2 is 1.82 bits per heavy atom. The number of β-amino-alcohol motifs (C(OH)–C–C–N with tert-alkyl or cyclic N) is 1. The topological polar surface area (TPSA) is 107 Å². The first-order chi connectivity index (χ1) is 18.7. The molecule has 0 saturated carbocycles. The molecule has 2 aromatic carbocycles. The molecule has 1 saturated heterocycles. The van der Waals surface area contributed by atoms with Crippen molar-refractivity contribution in [3.8, 4) is 0 Å². The second-order valence-electron chi connectivity index (χ2n) is 9.64. The van der Waals surface area contributed by atoms with Crippen LogP contribution in [0.3, 0.4) is 0 Å². The number of sulfonamides is 1. The number of piperazine rings is 1. The minimum absolute atomic E-state index is 0.186. The number of fused-ring (bicyclic) bond motifs is 1. The fraction of sp³-hybridized carbons (Fsp3) is 0.333. The molecular weight excluding hydrogens is 521 g/mol. The molecule has 2 aromatic heterocycles. The number of aliphatic hydroxyl groups is 1. The Hall–Kier alpha value is -3.74. The maximum Gasteiger partial charge on any atom is 0.232 e. The van der Waals surface area contributed by atoms with E-state index in [1.807, 2.05) is 29.0 Å². The van der Waals surface area contributed by atoms with Crippen LogP contribution in [0.1, 0.15) is 5.56 Å². The quantitative estimate of drug-likeness (QED) is 0.326. The molecule has 5 rings (SSSR count). The van der Waals surface area contributed by atoms with Crippen molar-refractivity contribution in [2.45, 2.75) is 6.54 Å². The first-order valence-electron chi connectivity index (χ1n) is 12.7. The standard InChI is InChI=1S/C27H32FN7O3S/c1-32(39(2,37)38)25-8-3-22(28)17-21(25)19-35-10-9-20-18-29-27(31-26(20)35)30-23-4-6-24(7-5-23)34-13-11-33(12-14-34)15-16-36/h3-10,17-18,36H,11-16,19H2,1-2H3,(H,29,30,31). The van der Waals surface area contributed by atoms with E-state index in [0.29, 0.717) is 29.4 Å². The zero-order valence-corrected chi connectivity index (χ0v) is 22.8. The van der Waals surface area contributed by atoms with Crippen molar-refractivity contribution in [2.24, 2.45) is 0 Å². The van der Waals surface area contributed by atoms with E-state index in [1.54, 1.807) is 6.20 Å². The van der Waals surface area contributed by atoms with Crippen LogP contribution in [-0.4, -0.2) is 85.6 Å². The Bertz CT molecular complexity index is 1550. The molecule has 2 N–H and O–H groups in total. The predicted octanol–water partition coefficient (Wildman–Crippen LogP) is 2.87. The van der Waals surface area contributed by atoms with Gasteiger partial charge in [-0.25, -0.2) is 17.8 Å². The molecular formula is C27H32FN7O3S. The highest BCUT2D eigenvalue weighted by Crippen LogP contribution is 2.26. The van der Waals surface area contributed by atoms with Crippen LogP contribution < -0.4 is 14.5 Å². The van der Waals surface area contributed by atoms with Gasteiger partial charge in [0, 0.05) is 68.9 Å².